The van der Waals surface area contributed by atoms with Gasteiger partial charge in [-0.3, -0.25) is 9.59 Å². The number of hydrogen-bond donors (Lipinski definition) is 1. The van der Waals surface area contributed by atoms with Gasteiger partial charge < -0.3 is 15.0 Å². The molecule has 202 valence electrons. The van der Waals surface area contributed by atoms with Gasteiger partial charge in [-0.2, -0.15) is 0 Å². The minimum Gasteiger partial charge on any atom is -0.497 e. The van der Waals surface area contributed by atoms with Crippen LogP contribution in [0.1, 0.15) is 63.3 Å². The van der Waals surface area contributed by atoms with Gasteiger partial charge in [-0.05, 0) is 60.1 Å². The Bertz CT molecular complexity index is 1180. The molecule has 0 unspecified atom stereocenters. The molecular formula is C33H42N2O3. The number of nitrogens with zero attached hydrogens (tertiary/aromatic N) is 1. The van der Waals surface area contributed by atoms with Gasteiger partial charge in [-0.15, -0.1) is 0 Å². The summed E-state index contributed by atoms with van der Waals surface area (Å²) in [5.74, 6) is 0.530. The molecule has 2 amide bonds. The van der Waals surface area contributed by atoms with E-state index in [0.717, 1.165) is 22.4 Å². The summed E-state index contributed by atoms with van der Waals surface area (Å²) in [5, 5.41) is 3.04. The molecule has 3 aromatic carbocycles. The fourth-order valence-electron chi connectivity index (χ4n) is 4.47. The topological polar surface area (TPSA) is 58.6 Å². The molecule has 3 aromatic rings. The van der Waals surface area contributed by atoms with Crippen molar-refractivity contribution in [3.05, 3.63) is 101 Å². The zero-order chi connectivity index (χ0) is 27.7. The first kappa shape index (κ1) is 29.0. The van der Waals surface area contributed by atoms with Crippen molar-refractivity contribution in [3.63, 3.8) is 0 Å². The Morgan fingerprint density at radius 2 is 1.53 bits per heavy atom. The maximum absolute atomic E-state index is 13.8. The van der Waals surface area contributed by atoms with Crippen molar-refractivity contribution in [1.82, 2.24) is 10.2 Å². The molecule has 0 bridgehead atoms. The largest absolute Gasteiger partial charge is 0.497 e. The molecule has 1 atom stereocenters. The average molecular weight is 515 g/mol. The highest BCUT2D eigenvalue weighted by Gasteiger charge is 2.30. The molecule has 0 aromatic heterocycles. The third-order valence-electron chi connectivity index (χ3n) is 6.64. The standard InChI is InChI=1S/C33H42N2O3/c1-24(2)34-32(37)30(22-26-11-8-7-9-12-26)35(23-27-13-10-14-29(21-27)38-6)31(36)20-17-25-15-18-28(19-16-25)33(3,4)5/h7-16,18-19,21,24,30H,17,20,22-23H2,1-6H3,(H,34,37)/t30-/m0/s1. The second kappa shape index (κ2) is 13.3. The molecule has 0 aliphatic heterocycles. The Morgan fingerprint density at radius 3 is 2.13 bits per heavy atom. The summed E-state index contributed by atoms with van der Waals surface area (Å²) in [6.07, 6.45) is 1.37. The van der Waals surface area contributed by atoms with Crippen molar-refractivity contribution in [2.24, 2.45) is 0 Å². The number of ether oxygens (including phenoxy) is 1. The molecule has 0 heterocycles. The van der Waals surface area contributed by atoms with Gasteiger partial charge in [-0.25, -0.2) is 0 Å². The number of nitrogens with one attached hydrogen (secondary N) is 1. The van der Waals surface area contributed by atoms with E-state index in [9.17, 15) is 9.59 Å². The average Bonchev–Trinajstić information content (AvgIpc) is 2.89. The Morgan fingerprint density at radius 1 is 0.868 bits per heavy atom. The van der Waals surface area contributed by atoms with Crippen LogP contribution in [0, 0.1) is 0 Å². The van der Waals surface area contributed by atoms with Crippen molar-refractivity contribution < 1.29 is 14.3 Å². The van der Waals surface area contributed by atoms with E-state index in [0.29, 0.717) is 25.8 Å². The Hall–Kier alpha value is -3.60. The molecular weight excluding hydrogens is 472 g/mol. The summed E-state index contributed by atoms with van der Waals surface area (Å²) in [6, 6.07) is 25.4. The van der Waals surface area contributed by atoms with Gasteiger partial charge >= 0.3 is 0 Å². The lowest BCUT2D eigenvalue weighted by Gasteiger charge is -2.32. The Balaban J connectivity index is 1.89. The van der Waals surface area contributed by atoms with Crippen molar-refractivity contribution in [2.45, 2.75) is 77.9 Å². The number of carbonyl (C=O) groups excluding carboxylic acids is 2. The van der Waals surface area contributed by atoms with Gasteiger partial charge in [0.25, 0.3) is 0 Å². The fraction of sp³-hybridized carbons (Fsp3) is 0.394. The van der Waals surface area contributed by atoms with Crippen LogP contribution in [0.4, 0.5) is 0 Å². The Labute approximate surface area is 228 Å². The first-order chi connectivity index (χ1) is 18.1. The highest BCUT2D eigenvalue weighted by Crippen LogP contribution is 2.23. The van der Waals surface area contributed by atoms with Crippen LogP contribution in [0.25, 0.3) is 0 Å². The number of benzene rings is 3. The van der Waals surface area contributed by atoms with Crippen LogP contribution >= 0.6 is 0 Å². The van der Waals surface area contributed by atoms with Crippen LogP contribution in [0.3, 0.4) is 0 Å². The molecule has 5 heteroatoms. The minimum atomic E-state index is -0.637. The SMILES string of the molecule is COc1cccc(CN(C(=O)CCc2ccc(C(C)(C)C)cc2)[C@@H](Cc2ccccc2)C(=O)NC(C)C)c1. The van der Waals surface area contributed by atoms with Crippen LogP contribution in [0.2, 0.25) is 0 Å². The smallest absolute Gasteiger partial charge is 0.243 e. The number of aryl methyl sites for hydroxylation is 1. The lowest BCUT2D eigenvalue weighted by Crippen LogP contribution is -2.51. The van der Waals surface area contributed by atoms with Crippen LogP contribution in [-0.4, -0.2) is 35.9 Å². The molecule has 0 spiro atoms. The van der Waals surface area contributed by atoms with E-state index in [2.05, 4.69) is 50.4 Å². The second-order valence-corrected chi connectivity index (χ2v) is 11.2. The molecule has 0 radical (unpaired) electrons. The molecule has 0 saturated heterocycles. The third kappa shape index (κ3) is 8.47. The summed E-state index contributed by atoms with van der Waals surface area (Å²) in [5.41, 5.74) is 4.38. The van der Waals surface area contributed by atoms with E-state index in [1.807, 2.05) is 68.4 Å². The minimum absolute atomic E-state index is 0.0316. The van der Waals surface area contributed by atoms with Gasteiger partial charge in [0.05, 0.1) is 7.11 Å². The number of rotatable bonds is 11. The van der Waals surface area contributed by atoms with Crippen LogP contribution < -0.4 is 10.1 Å². The lowest BCUT2D eigenvalue weighted by molar-refractivity contribution is -0.141. The predicted octanol–water partition coefficient (Wildman–Crippen LogP) is 6.09. The molecule has 38 heavy (non-hydrogen) atoms. The van der Waals surface area contributed by atoms with Crippen LogP contribution in [-0.2, 0) is 34.4 Å². The van der Waals surface area contributed by atoms with E-state index in [4.69, 9.17) is 4.74 Å². The summed E-state index contributed by atoms with van der Waals surface area (Å²) in [7, 11) is 1.63. The number of methoxy groups -OCH3 is 1. The molecule has 0 saturated carbocycles. The zero-order valence-corrected chi connectivity index (χ0v) is 23.7. The maximum Gasteiger partial charge on any atom is 0.243 e. The van der Waals surface area contributed by atoms with Crippen LogP contribution in [0.15, 0.2) is 78.9 Å². The van der Waals surface area contributed by atoms with E-state index < -0.39 is 6.04 Å². The van der Waals surface area contributed by atoms with E-state index in [1.165, 1.54) is 5.56 Å². The fourth-order valence-corrected chi connectivity index (χ4v) is 4.47. The first-order valence-electron chi connectivity index (χ1n) is 13.4. The predicted molar refractivity (Wildman–Crippen MR) is 154 cm³/mol. The van der Waals surface area contributed by atoms with E-state index in [1.54, 1.807) is 12.0 Å². The quantitative estimate of drug-likeness (QED) is 0.337. The van der Waals surface area contributed by atoms with E-state index >= 15 is 0 Å². The summed E-state index contributed by atoms with van der Waals surface area (Å²) < 4.78 is 5.41. The molecule has 3 rings (SSSR count). The van der Waals surface area contributed by atoms with Crippen molar-refractivity contribution in [2.75, 3.05) is 7.11 Å². The summed E-state index contributed by atoms with van der Waals surface area (Å²) in [6.45, 7) is 10.8. The molecule has 1 N–H and O–H groups in total. The van der Waals surface area contributed by atoms with Gasteiger partial charge in [0.1, 0.15) is 11.8 Å². The third-order valence-corrected chi connectivity index (χ3v) is 6.64. The lowest BCUT2D eigenvalue weighted by atomic mass is 9.86. The van der Waals surface area contributed by atoms with Crippen molar-refractivity contribution in [3.8, 4) is 5.75 Å². The zero-order valence-electron chi connectivity index (χ0n) is 23.7. The van der Waals surface area contributed by atoms with Gasteiger partial charge in [0, 0.05) is 25.4 Å². The van der Waals surface area contributed by atoms with Gasteiger partial charge in [0.2, 0.25) is 11.8 Å². The number of carbonyl (C=O) groups is 2. The molecule has 0 aliphatic rings. The summed E-state index contributed by atoms with van der Waals surface area (Å²) in [4.78, 5) is 29.1. The number of amides is 2. The van der Waals surface area contributed by atoms with Crippen molar-refractivity contribution in [1.29, 1.82) is 0 Å². The highest BCUT2D eigenvalue weighted by atomic mass is 16.5. The molecule has 5 nitrogen and oxygen atoms in total. The van der Waals surface area contributed by atoms with Crippen molar-refractivity contribution >= 4 is 11.8 Å². The highest BCUT2D eigenvalue weighted by molar-refractivity contribution is 5.88. The molecule has 0 fully saturated rings. The molecule has 0 aliphatic carbocycles. The number of hydrogen-bond acceptors (Lipinski definition) is 3. The first-order valence-corrected chi connectivity index (χ1v) is 13.4. The normalized spacial score (nSPS) is 12.2. The van der Waals surface area contributed by atoms with E-state index in [-0.39, 0.29) is 23.3 Å². The van der Waals surface area contributed by atoms with Gasteiger partial charge in [-0.1, -0.05) is 87.5 Å². The van der Waals surface area contributed by atoms with Crippen LogP contribution in [0.5, 0.6) is 5.75 Å². The Kier molecular flexibility index (Phi) is 10.1. The second-order valence-electron chi connectivity index (χ2n) is 11.2. The van der Waals surface area contributed by atoms with Gasteiger partial charge in [0.15, 0.2) is 0 Å². The monoisotopic (exact) mass is 514 g/mol. The maximum atomic E-state index is 13.8. The summed E-state index contributed by atoms with van der Waals surface area (Å²) >= 11 is 0.